The maximum absolute atomic E-state index is 11.9. The minimum Gasteiger partial charge on any atom is -0.488 e. The maximum atomic E-state index is 11.9. The van der Waals surface area contributed by atoms with Crippen LogP contribution in [0, 0.1) is 0 Å². The summed E-state index contributed by atoms with van der Waals surface area (Å²) in [6, 6.07) is 15.4. The summed E-state index contributed by atoms with van der Waals surface area (Å²) < 4.78 is 12.2. The van der Waals surface area contributed by atoms with Gasteiger partial charge in [-0.3, -0.25) is 4.79 Å². The first-order chi connectivity index (χ1) is 13.2. The lowest BCUT2D eigenvalue weighted by Crippen LogP contribution is -2.46. The van der Waals surface area contributed by atoms with E-state index in [1.165, 1.54) is 0 Å². The van der Waals surface area contributed by atoms with Gasteiger partial charge >= 0.3 is 0 Å². The van der Waals surface area contributed by atoms with Crippen LogP contribution in [0.1, 0.15) is 42.3 Å². The zero-order valence-corrected chi connectivity index (χ0v) is 19.7. The molecule has 0 aliphatic heterocycles. The third kappa shape index (κ3) is 5.93. The van der Waals surface area contributed by atoms with Crippen molar-refractivity contribution in [3.05, 3.63) is 65.2 Å². The third-order valence-electron chi connectivity index (χ3n) is 5.20. The largest absolute Gasteiger partial charge is 0.488 e. The molecule has 0 fully saturated rings. The Labute approximate surface area is 177 Å². The highest BCUT2D eigenvalue weighted by atomic mass is 79.9. The smallest absolute Gasteiger partial charge is 0.252 e. The Bertz CT molecular complexity index is 792. The molecule has 2 aromatic rings. The van der Waals surface area contributed by atoms with Crippen molar-refractivity contribution in [2.75, 3.05) is 11.6 Å². The van der Waals surface area contributed by atoms with Gasteiger partial charge in [0.25, 0.3) is 5.91 Å². The topological polar surface area (TPSA) is 61.6 Å². The van der Waals surface area contributed by atoms with E-state index in [4.69, 9.17) is 14.9 Å². The van der Waals surface area contributed by atoms with Crippen molar-refractivity contribution >= 4 is 30.2 Å². The fraction of sp³-hybridized carbons (Fsp3) is 0.409. The second-order valence-electron chi connectivity index (χ2n) is 8.18. The second-order valence-corrected chi connectivity index (χ2v) is 14.4. The molecule has 0 aromatic heterocycles. The molecule has 0 aliphatic rings. The Morgan fingerprint density at radius 2 is 1.79 bits per heavy atom. The molecule has 2 N–H and O–H groups in total. The minimum atomic E-state index is -1.87. The molecule has 2 rings (SSSR count). The zero-order valence-electron chi connectivity index (χ0n) is 17.1. The molecular formula is C22H30BrNO3Si. The van der Waals surface area contributed by atoms with Crippen molar-refractivity contribution in [1.29, 1.82) is 0 Å². The standard InChI is InChI=1S/C22H30BrNO3Si/c1-22(2,3)28(4,16-23)27-13-12-17-10-11-20(19(14-17)21(24)25)26-15-18-8-6-5-7-9-18/h5-11,14H,12-13,15-16H2,1-4H3,(H2,24,25). The SMILES string of the molecule is CC(C)(C)[Si](C)(CBr)OCCc1ccc(OCc2ccccc2)c(C(N)=O)c1. The summed E-state index contributed by atoms with van der Waals surface area (Å²) in [6.07, 6.45) is 0.727. The first kappa shape index (κ1) is 22.7. The van der Waals surface area contributed by atoms with Gasteiger partial charge in [0, 0.05) is 11.6 Å². The van der Waals surface area contributed by atoms with E-state index in [2.05, 4.69) is 43.2 Å². The Hall–Kier alpha value is -1.63. The molecule has 6 heteroatoms. The lowest BCUT2D eigenvalue weighted by Gasteiger charge is -2.38. The summed E-state index contributed by atoms with van der Waals surface area (Å²) in [7, 11) is -1.87. The molecule has 4 nitrogen and oxygen atoms in total. The van der Waals surface area contributed by atoms with Crippen LogP contribution in [0.3, 0.4) is 0 Å². The normalized spacial score (nSPS) is 13.8. The van der Waals surface area contributed by atoms with Crippen LogP contribution in [-0.2, 0) is 17.5 Å². The quantitative estimate of drug-likeness (QED) is 0.408. The Kier molecular flexibility index (Phi) is 7.86. The monoisotopic (exact) mass is 463 g/mol. The van der Waals surface area contributed by atoms with Crippen LogP contribution in [0.2, 0.25) is 11.6 Å². The van der Waals surface area contributed by atoms with Gasteiger partial charge in [0.1, 0.15) is 12.4 Å². The molecule has 1 amide bonds. The van der Waals surface area contributed by atoms with Gasteiger partial charge in [0.2, 0.25) is 8.32 Å². The number of carbonyl (C=O) groups excluding carboxylic acids is 1. The lowest BCUT2D eigenvalue weighted by atomic mass is 10.1. The van der Waals surface area contributed by atoms with Gasteiger partial charge in [-0.1, -0.05) is 73.1 Å². The summed E-state index contributed by atoms with van der Waals surface area (Å²) in [4.78, 5) is 12.8. The van der Waals surface area contributed by atoms with E-state index in [1.807, 2.05) is 48.5 Å². The number of amides is 1. The Morgan fingerprint density at radius 1 is 1.11 bits per heavy atom. The first-order valence-corrected chi connectivity index (χ1v) is 13.2. The number of hydrogen-bond acceptors (Lipinski definition) is 3. The van der Waals surface area contributed by atoms with Crippen LogP contribution < -0.4 is 10.5 Å². The van der Waals surface area contributed by atoms with E-state index in [0.29, 0.717) is 24.5 Å². The fourth-order valence-corrected chi connectivity index (χ4v) is 7.11. The highest BCUT2D eigenvalue weighted by molar-refractivity contribution is 9.09. The van der Waals surface area contributed by atoms with E-state index in [-0.39, 0.29) is 5.04 Å². The molecular weight excluding hydrogens is 434 g/mol. The number of hydrogen-bond donors (Lipinski definition) is 1. The van der Waals surface area contributed by atoms with E-state index < -0.39 is 14.2 Å². The van der Waals surface area contributed by atoms with Crippen molar-refractivity contribution in [2.24, 2.45) is 5.73 Å². The Balaban J connectivity index is 2.04. The Morgan fingerprint density at radius 3 is 2.36 bits per heavy atom. The highest BCUT2D eigenvalue weighted by Crippen LogP contribution is 2.38. The molecule has 0 spiro atoms. The number of benzene rings is 2. The molecule has 1 unspecified atom stereocenters. The number of carbonyl (C=O) groups is 1. The van der Waals surface area contributed by atoms with Gasteiger partial charge in [-0.05, 0) is 41.3 Å². The van der Waals surface area contributed by atoms with Crippen molar-refractivity contribution in [3.63, 3.8) is 0 Å². The van der Waals surface area contributed by atoms with E-state index in [0.717, 1.165) is 22.5 Å². The average molecular weight is 464 g/mol. The van der Waals surface area contributed by atoms with Gasteiger partial charge < -0.3 is 14.9 Å². The number of nitrogens with two attached hydrogens (primary N) is 1. The number of alkyl halides is 1. The molecule has 0 saturated carbocycles. The summed E-state index contributed by atoms with van der Waals surface area (Å²) >= 11 is 3.63. The third-order valence-corrected chi connectivity index (χ3v) is 12.9. The molecule has 2 aromatic carbocycles. The maximum Gasteiger partial charge on any atom is 0.252 e. The number of rotatable bonds is 9. The zero-order chi connectivity index (χ0) is 20.8. The van der Waals surface area contributed by atoms with E-state index in [1.54, 1.807) is 0 Å². The fourth-order valence-electron chi connectivity index (χ4n) is 2.64. The van der Waals surface area contributed by atoms with Crippen LogP contribution in [0.4, 0.5) is 0 Å². The number of halogens is 1. The van der Waals surface area contributed by atoms with Crippen molar-refractivity contribution < 1.29 is 14.0 Å². The van der Waals surface area contributed by atoms with Crippen molar-refractivity contribution in [3.8, 4) is 5.75 Å². The molecule has 152 valence electrons. The van der Waals surface area contributed by atoms with E-state index >= 15 is 0 Å². The van der Waals surface area contributed by atoms with Gasteiger partial charge in [-0.15, -0.1) is 0 Å². The lowest BCUT2D eigenvalue weighted by molar-refractivity contribution is 0.0995. The van der Waals surface area contributed by atoms with Crippen molar-refractivity contribution in [2.45, 2.75) is 45.4 Å². The van der Waals surface area contributed by atoms with Crippen LogP contribution in [0.15, 0.2) is 48.5 Å². The average Bonchev–Trinajstić information content (AvgIpc) is 2.66. The first-order valence-electron chi connectivity index (χ1n) is 9.46. The number of ether oxygens (including phenoxy) is 1. The van der Waals surface area contributed by atoms with Crippen LogP contribution in [0.25, 0.3) is 0 Å². The molecule has 0 saturated heterocycles. The number of primary amides is 1. The van der Waals surface area contributed by atoms with Crippen molar-refractivity contribution in [1.82, 2.24) is 0 Å². The van der Waals surface area contributed by atoms with Crippen LogP contribution >= 0.6 is 15.9 Å². The second kappa shape index (κ2) is 9.72. The molecule has 0 aliphatic carbocycles. The summed E-state index contributed by atoms with van der Waals surface area (Å²) in [5.41, 5.74) is 8.04. The molecule has 0 radical (unpaired) electrons. The van der Waals surface area contributed by atoms with Crippen LogP contribution in [-0.4, -0.2) is 25.8 Å². The van der Waals surface area contributed by atoms with Crippen LogP contribution in [0.5, 0.6) is 5.75 Å². The molecule has 28 heavy (non-hydrogen) atoms. The molecule has 0 heterocycles. The highest BCUT2D eigenvalue weighted by Gasteiger charge is 2.40. The van der Waals surface area contributed by atoms with Gasteiger partial charge in [0.05, 0.1) is 5.56 Å². The minimum absolute atomic E-state index is 0.143. The van der Waals surface area contributed by atoms with Gasteiger partial charge in [-0.2, -0.15) is 0 Å². The van der Waals surface area contributed by atoms with E-state index in [9.17, 15) is 4.79 Å². The predicted octanol–water partition coefficient (Wildman–Crippen LogP) is 5.23. The van der Waals surface area contributed by atoms with Gasteiger partial charge in [0.15, 0.2) is 0 Å². The summed E-state index contributed by atoms with van der Waals surface area (Å²) in [5.74, 6) is 0.0237. The summed E-state index contributed by atoms with van der Waals surface area (Å²) in [5, 5.41) is 0.143. The predicted molar refractivity (Wildman–Crippen MR) is 121 cm³/mol. The summed E-state index contributed by atoms with van der Waals surface area (Å²) in [6.45, 7) is 9.94. The molecule has 0 bridgehead atoms. The molecule has 1 atom stereocenters. The van der Waals surface area contributed by atoms with Gasteiger partial charge in [-0.25, -0.2) is 0 Å².